The third-order valence-corrected chi connectivity index (χ3v) is 3.62. The molecule has 0 aromatic heterocycles. The van der Waals surface area contributed by atoms with E-state index in [1.165, 1.54) is 14.0 Å². The zero-order valence-electron chi connectivity index (χ0n) is 11.9. The van der Waals surface area contributed by atoms with Crippen molar-refractivity contribution in [2.45, 2.75) is 38.8 Å². The fraction of sp³-hybridized carbons (Fsp3) is 0.846. The minimum Gasteiger partial charge on any atom is -0.467 e. The summed E-state index contributed by atoms with van der Waals surface area (Å²) in [4.78, 5) is 24.8. The fourth-order valence-electron chi connectivity index (χ4n) is 2.44. The van der Waals surface area contributed by atoms with Crippen molar-refractivity contribution in [2.24, 2.45) is 5.92 Å². The van der Waals surface area contributed by atoms with Crippen molar-refractivity contribution in [3.05, 3.63) is 0 Å². The number of nitrogens with zero attached hydrogens (tertiary/aromatic N) is 1. The summed E-state index contributed by atoms with van der Waals surface area (Å²) in [6, 6.07) is -0.620. The summed E-state index contributed by atoms with van der Waals surface area (Å²) in [5, 5.41) is 12.1. The van der Waals surface area contributed by atoms with Crippen LogP contribution in [-0.4, -0.2) is 60.8 Å². The zero-order chi connectivity index (χ0) is 14.4. The molecule has 1 aliphatic rings. The number of aliphatic hydroxyl groups is 1. The summed E-state index contributed by atoms with van der Waals surface area (Å²) in [6.45, 7) is 5.30. The number of amides is 1. The quantitative estimate of drug-likeness (QED) is 0.675. The minimum atomic E-state index is -0.620. The Morgan fingerprint density at radius 1 is 1.42 bits per heavy atom. The van der Waals surface area contributed by atoms with E-state index in [1.54, 1.807) is 0 Å². The van der Waals surface area contributed by atoms with E-state index >= 15 is 0 Å². The summed E-state index contributed by atoms with van der Waals surface area (Å²) < 4.78 is 4.69. The number of ether oxygens (including phenoxy) is 1. The molecule has 1 heterocycles. The van der Waals surface area contributed by atoms with Gasteiger partial charge in [-0.05, 0) is 38.8 Å². The highest BCUT2D eigenvalue weighted by Gasteiger charge is 2.27. The van der Waals surface area contributed by atoms with Gasteiger partial charge in [-0.15, -0.1) is 0 Å². The Labute approximate surface area is 114 Å². The van der Waals surface area contributed by atoms with Gasteiger partial charge in [0, 0.05) is 13.5 Å². The molecule has 0 saturated carbocycles. The first-order valence-electron chi connectivity index (χ1n) is 6.69. The normalized spacial score (nSPS) is 20.6. The zero-order valence-corrected chi connectivity index (χ0v) is 11.9. The molecule has 0 aromatic carbocycles. The van der Waals surface area contributed by atoms with Gasteiger partial charge in [0.25, 0.3) is 0 Å². The van der Waals surface area contributed by atoms with Gasteiger partial charge in [0.05, 0.1) is 13.2 Å². The van der Waals surface area contributed by atoms with E-state index in [0.717, 1.165) is 25.9 Å². The maximum absolute atomic E-state index is 11.6. The lowest BCUT2D eigenvalue weighted by molar-refractivity contribution is -0.145. The standard InChI is InChI=1S/C13H24N2O4/c1-9(16)11-4-6-15(7-5-11)8-12(13(18)19-3)14-10(2)17/h9,11-12,16H,4-8H2,1-3H3,(H,14,17). The van der Waals surface area contributed by atoms with E-state index in [2.05, 4.69) is 10.2 Å². The number of esters is 1. The lowest BCUT2D eigenvalue weighted by Gasteiger charge is -2.34. The van der Waals surface area contributed by atoms with Crippen molar-refractivity contribution >= 4 is 11.9 Å². The Bertz CT molecular complexity index is 312. The van der Waals surface area contributed by atoms with E-state index in [1.807, 2.05) is 6.92 Å². The number of nitrogens with one attached hydrogen (secondary N) is 1. The van der Waals surface area contributed by atoms with E-state index in [4.69, 9.17) is 4.74 Å². The van der Waals surface area contributed by atoms with Crippen molar-refractivity contribution in [2.75, 3.05) is 26.7 Å². The van der Waals surface area contributed by atoms with Crippen LogP contribution in [0.1, 0.15) is 26.7 Å². The Kier molecular flexibility index (Phi) is 6.24. The van der Waals surface area contributed by atoms with E-state index in [-0.39, 0.29) is 12.0 Å². The van der Waals surface area contributed by atoms with Crippen LogP contribution >= 0.6 is 0 Å². The Hall–Kier alpha value is -1.14. The average Bonchev–Trinajstić information content (AvgIpc) is 2.37. The molecule has 0 radical (unpaired) electrons. The number of carbonyl (C=O) groups is 2. The van der Waals surface area contributed by atoms with Gasteiger partial charge >= 0.3 is 5.97 Å². The second-order valence-corrected chi connectivity index (χ2v) is 5.15. The number of methoxy groups -OCH3 is 1. The molecular weight excluding hydrogens is 248 g/mol. The van der Waals surface area contributed by atoms with Gasteiger partial charge in [-0.25, -0.2) is 4.79 Å². The third-order valence-electron chi connectivity index (χ3n) is 3.62. The number of hydrogen-bond donors (Lipinski definition) is 2. The first-order valence-corrected chi connectivity index (χ1v) is 6.69. The van der Waals surface area contributed by atoms with Gasteiger partial charge in [-0.3, -0.25) is 4.79 Å². The number of carbonyl (C=O) groups excluding carboxylic acids is 2. The van der Waals surface area contributed by atoms with Gasteiger partial charge in [0.15, 0.2) is 0 Å². The molecule has 110 valence electrons. The Morgan fingerprint density at radius 2 is 2.00 bits per heavy atom. The van der Waals surface area contributed by atoms with Crippen molar-refractivity contribution in [3.8, 4) is 0 Å². The molecule has 0 spiro atoms. The number of aliphatic hydroxyl groups excluding tert-OH is 1. The smallest absolute Gasteiger partial charge is 0.329 e. The van der Waals surface area contributed by atoms with Crippen LogP contribution in [0.2, 0.25) is 0 Å². The van der Waals surface area contributed by atoms with Crippen LogP contribution in [0, 0.1) is 5.92 Å². The fourth-order valence-corrected chi connectivity index (χ4v) is 2.44. The third kappa shape index (κ3) is 5.16. The molecule has 0 aliphatic carbocycles. The lowest BCUT2D eigenvalue weighted by Crippen LogP contribution is -2.50. The van der Waals surface area contributed by atoms with Crippen molar-refractivity contribution in [1.82, 2.24) is 10.2 Å². The highest BCUT2D eigenvalue weighted by Crippen LogP contribution is 2.20. The van der Waals surface area contributed by atoms with Crippen LogP contribution in [0.5, 0.6) is 0 Å². The first kappa shape index (κ1) is 15.9. The van der Waals surface area contributed by atoms with Crippen molar-refractivity contribution in [1.29, 1.82) is 0 Å². The molecule has 2 N–H and O–H groups in total. The van der Waals surface area contributed by atoms with Crippen molar-refractivity contribution < 1.29 is 19.4 Å². The molecule has 6 heteroatoms. The maximum atomic E-state index is 11.6. The molecule has 1 amide bonds. The minimum absolute atomic E-state index is 0.241. The Morgan fingerprint density at radius 3 is 2.42 bits per heavy atom. The van der Waals surface area contributed by atoms with Gasteiger partial charge in [0.1, 0.15) is 6.04 Å². The molecule has 19 heavy (non-hydrogen) atoms. The number of piperidine rings is 1. The van der Waals surface area contributed by atoms with Gasteiger partial charge in [0.2, 0.25) is 5.91 Å². The second-order valence-electron chi connectivity index (χ2n) is 5.15. The Balaban J connectivity index is 2.47. The summed E-state index contributed by atoms with van der Waals surface area (Å²) in [5.74, 6) is -0.337. The van der Waals surface area contributed by atoms with Crippen LogP contribution in [-0.2, 0) is 14.3 Å². The van der Waals surface area contributed by atoms with Gasteiger partial charge in [-0.2, -0.15) is 0 Å². The molecule has 1 fully saturated rings. The molecule has 2 atom stereocenters. The SMILES string of the molecule is COC(=O)C(CN1CCC(C(C)O)CC1)NC(C)=O. The molecule has 1 rings (SSSR count). The highest BCUT2D eigenvalue weighted by atomic mass is 16.5. The molecule has 0 aromatic rings. The van der Waals surface area contributed by atoms with E-state index in [9.17, 15) is 14.7 Å². The number of hydrogen-bond acceptors (Lipinski definition) is 5. The molecule has 6 nitrogen and oxygen atoms in total. The maximum Gasteiger partial charge on any atom is 0.329 e. The summed E-state index contributed by atoms with van der Waals surface area (Å²) in [6.07, 6.45) is 1.53. The van der Waals surface area contributed by atoms with Crippen molar-refractivity contribution in [3.63, 3.8) is 0 Å². The molecular formula is C13H24N2O4. The van der Waals surface area contributed by atoms with E-state index < -0.39 is 12.0 Å². The predicted octanol–water partition coefficient (Wildman–Crippen LogP) is -0.243. The monoisotopic (exact) mass is 272 g/mol. The predicted molar refractivity (Wildman–Crippen MR) is 70.5 cm³/mol. The molecule has 2 unspecified atom stereocenters. The van der Waals surface area contributed by atoms with Crippen LogP contribution in [0.25, 0.3) is 0 Å². The number of likely N-dealkylation sites (tertiary alicyclic amines) is 1. The van der Waals surface area contributed by atoms with Crippen LogP contribution in [0.4, 0.5) is 0 Å². The van der Waals surface area contributed by atoms with Crippen LogP contribution < -0.4 is 5.32 Å². The lowest BCUT2D eigenvalue weighted by atomic mass is 9.92. The summed E-state index contributed by atoms with van der Waals surface area (Å²) in [7, 11) is 1.32. The molecule has 1 saturated heterocycles. The number of rotatable bonds is 5. The van der Waals surface area contributed by atoms with Gasteiger partial charge < -0.3 is 20.1 Å². The highest BCUT2D eigenvalue weighted by molar-refractivity contribution is 5.83. The van der Waals surface area contributed by atoms with Gasteiger partial charge in [-0.1, -0.05) is 0 Å². The topological polar surface area (TPSA) is 78.9 Å². The van der Waals surface area contributed by atoms with E-state index in [0.29, 0.717) is 12.5 Å². The largest absolute Gasteiger partial charge is 0.467 e. The molecule has 0 bridgehead atoms. The summed E-state index contributed by atoms with van der Waals surface area (Å²) >= 11 is 0. The average molecular weight is 272 g/mol. The first-order chi connectivity index (χ1) is 8.93. The second kappa shape index (κ2) is 7.45. The van der Waals surface area contributed by atoms with Crippen LogP contribution in [0.15, 0.2) is 0 Å². The summed E-state index contributed by atoms with van der Waals surface area (Å²) in [5.41, 5.74) is 0. The van der Waals surface area contributed by atoms with Crippen LogP contribution in [0.3, 0.4) is 0 Å². The molecule has 1 aliphatic heterocycles.